The normalized spacial score (nSPS) is 23.7. The summed E-state index contributed by atoms with van der Waals surface area (Å²) in [5.41, 5.74) is -1.07. The molecule has 1 aromatic carbocycles. The number of rotatable bonds is 3. The molecule has 2 aliphatic heterocycles. The van der Waals surface area contributed by atoms with Gasteiger partial charge in [-0.1, -0.05) is 0 Å². The molecular weight excluding hydrogens is 344 g/mol. The molecule has 8 heteroatoms. The van der Waals surface area contributed by atoms with Gasteiger partial charge >= 0.3 is 17.9 Å². The summed E-state index contributed by atoms with van der Waals surface area (Å²) in [7, 11) is 0. The van der Waals surface area contributed by atoms with Crippen LogP contribution >= 0.6 is 0 Å². The lowest BCUT2D eigenvalue weighted by Gasteiger charge is -2.38. The highest BCUT2D eigenvalue weighted by Gasteiger charge is 2.47. The quantitative estimate of drug-likeness (QED) is 0.593. The number of Topliss-reactive ketones (excluding diaryl/α,β-unsaturated/α-hetero) is 1. The fourth-order valence-electron chi connectivity index (χ4n) is 2.93. The number of benzene rings is 1. The highest BCUT2D eigenvalue weighted by atomic mass is 16.6. The number of esters is 3. The Hall–Kier alpha value is -3.16. The van der Waals surface area contributed by atoms with Gasteiger partial charge in [-0.15, -0.1) is 0 Å². The summed E-state index contributed by atoms with van der Waals surface area (Å²) in [4.78, 5) is 46.7. The second-order valence-electron chi connectivity index (χ2n) is 6.21. The summed E-state index contributed by atoms with van der Waals surface area (Å²) in [6.45, 7) is 4.03. The second kappa shape index (κ2) is 6.29. The van der Waals surface area contributed by atoms with Gasteiger partial charge in [-0.05, 0) is 13.0 Å². The molecular formula is C18H16O8. The Morgan fingerprint density at radius 1 is 1.15 bits per heavy atom. The Kier molecular flexibility index (Phi) is 4.27. The fourth-order valence-corrected chi connectivity index (χ4v) is 2.93. The third-order valence-corrected chi connectivity index (χ3v) is 3.94. The van der Waals surface area contributed by atoms with Crippen molar-refractivity contribution in [3.05, 3.63) is 29.8 Å². The molecule has 2 aliphatic rings. The van der Waals surface area contributed by atoms with Gasteiger partial charge in [-0.3, -0.25) is 14.4 Å². The number of fused-ring (bicyclic) bond motifs is 1. The maximum Gasteiger partial charge on any atom is 0.331 e. The van der Waals surface area contributed by atoms with Crippen LogP contribution in [0.3, 0.4) is 0 Å². The predicted octanol–water partition coefficient (Wildman–Crippen LogP) is 1.74. The minimum Gasteiger partial charge on any atom is -0.482 e. The fraction of sp³-hybridized carbons (Fsp3) is 0.333. The van der Waals surface area contributed by atoms with Gasteiger partial charge < -0.3 is 18.9 Å². The molecule has 1 aromatic rings. The van der Waals surface area contributed by atoms with Crippen LogP contribution in [0, 0.1) is 0 Å². The molecule has 0 N–H and O–H groups in total. The zero-order valence-electron chi connectivity index (χ0n) is 14.4. The van der Waals surface area contributed by atoms with E-state index in [1.807, 2.05) is 0 Å². The molecule has 0 unspecified atom stereocenters. The monoisotopic (exact) mass is 360 g/mol. The molecule has 0 aromatic heterocycles. The molecule has 0 amide bonds. The molecule has 8 nitrogen and oxygen atoms in total. The van der Waals surface area contributed by atoms with Gasteiger partial charge in [-0.25, -0.2) is 4.79 Å². The van der Waals surface area contributed by atoms with Gasteiger partial charge in [0.1, 0.15) is 22.8 Å². The topological polar surface area (TPSA) is 105 Å². The van der Waals surface area contributed by atoms with E-state index in [1.54, 1.807) is 6.92 Å². The number of hydrogen-bond acceptors (Lipinski definition) is 8. The van der Waals surface area contributed by atoms with Crippen molar-refractivity contribution in [1.82, 2.24) is 0 Å². The molecule has 26 heavy (non-hydrogen) atoms. The molecule has 0 bridgehead atoms. The number of ether oxygens (including phenoxy) is 4. The van der Waals surface area contributed by atoms with E-state index in [0.29, 0.717) is 0 Å². The van der Waals surface area contributed by atoms with E-state index in [0.717, 1.165) is 0 Å². The summed E-state index contributed by atoms with van der Waals surface area (Å²) >= 11 is 0. The van der Waals surface area contributed by atoms with Gasteiger partial charge in [0, 0.05) is 32.1 Å². The van der Waals surface area contributed by atoms with Crippen LogP contribution in [0.5, 0.6) is 17.2 Å². The van der Waals surface area contributed by atoms with Crippen LogP contribution < -0.4 is 14.2 Å². The lowest BCUT2D eigenvalue weighted by molar-refractivity contribution is -0.147. The highest BCUT2D eigenvalue weighted by molar-refractivity contribution is 6.04. The third-order valence-electron chi connectivity index (χ3n) is 3.94. The van der Waals surface area contributed by atoms with E-state index < -0.39 is 29.6 Å². The SMILES string of the molecule is CC(=O)Oc1cc(OC(C)=O)c2c(c1)O[C@@](C)([C@@H]1C=CC(=O)O1)CC2=O. The number of carbonyl (C=O) groups is 4. The number of ketones is 1. The average molecular weight is 360 g/mol. The number of cyclic esters (lactones) is 1. The summed E-state index contributed by atoms with van der Waals surface area (Å²) < 4.78 is 21.2. The molecule has 2 heterocycles. The summed E-state index contributed by atoms with van der Waals surface area (Å²) in [6, 6.07) is 2.64. The van der Waals surface area contributed by atoms with Crippen LogP contribution in [0.4, 0.5) is 0 Å². The maximum absolute atomic E-state index is 12.7. The van der Waals surface area contributed by atoms with Crippen molar-refractivity contribution >= 4 is 23.7 Å². The second-order valence-corrected chi connectivity index (χ2v) is 6.21. The van der Waals surface area contributed by atoms with Crippen LogP contribution in [0.2, 0.25) is 0 Å². The van der Waals surface area contributed by atoms with E-state index in [1.165, 1.54) is 38.1 Å². The van der Waals surface area contributed by atoms with E-state index in [-0.39, 0.29) is 35.0 Å². The number of carbonyl (C=O) groups excluding carboxylic acids is 4. The average Bonchev–Trinajstić information content (AvgIpc) is 2.92. The van der Waals surface area contributed by atoms with Crippen molar-refractivity contribution in [2.45, 2.75) is 38.9 Å². The van der Waals surface area contributed by atoms with Gasteiger partial charge in [0.2, 0.25) is 0 Å². The van der Waals surface area contributed by atoms with E-state index in [4.69, 9.17) is 18.9 Å². The van der Waals surface area contributed by atoms with Gasteiger partial charge in [-0.2, -0.15) is 0 Å². The van der Waals surface area contributed by atoms with Crippen LogP contribution in [0.25, 0.3) is 0 Å². The Bertz CT molecular complexity index is 853. The summed E-state index contributed by atoms with van der Waals surface area (Å²) in [5, 5.41) is 0. The maximum atomic E-state index is 12.7. The molecule has 0 saturated carbocycles. The zero-order valence-corrected chi connectivity index (χ0v) is 14.4. The van der Waals surface area contributed by atoms with Crippen molar-refractivity contribution in [3.8, 4) is 17.2 Å². The smallest absolute Gasteiger partial charge is 0.331 e. The van der Waals surface area contributed by atoms with E-state index in [2.05, 4.69) is 0 Å². The number of hydrogen-bond donors (Lipinski definition) is 0. The lowest BCUT2D eigenvalue weighted by atomic mass is 9.86. The molecule has 0 spiro atoms. The van der Waals surface area contributed by atoms with Crippen molar-refractivity contribution in [1.29, 1.82) is 0 Å². The first-order chi connectivity index (χ1) is 12.2. The first kappa shape index (κ1) is 17.7. The first-order valence-corrected chi connectivity index (χ1v) is 7.84. The Morgan fingerprint density at radius 2 is 1.85 bits per heavy atom. The lowest BCUT2D eigenvalue weighted by Crippen LogP contribution is -2.49. The Morgan fingerprint density at radius 3 is 2.42 bits per heavy atom. The standard InChI is InChI=1S/C18H16O8/c1-9(19)23-11-6-13(24-10(2)20)17-12(21)8-18(3,26-14(17)7-11)15-4-5-16(22)25-15/h4-7,15H,8H2,1-3H3/t15-,18+/m0/s1. The Balaban J connectivity index is 2.05. The van der Waals surface area contributed by atoms with Crippen molar-refractivity contribution in [2.75, 3.05) is 0 Å². The van der Waals surface area contributed by atoms with Crippen molar-refractivity contribution < 1.29 is 38.1 Å². The Labute approximate surface area is 148 Å². The van der Waals surface area contributed by atoms with Crippen molar-refractivity contribution in [2.24, 2.45) is 0 Å². The molecule has 136 valence electrons. The first-order valence-electron chi connectivity index (χ1n) is 7.84. The van der Waals surface area contributed by atoms with Crippen LogP contribution in [0.1, 0.15) is 37.6 Å². The zero-order chi connectivity index (χ0) is 19.1. The molecule has 2 atom stereocenters. The van der Waals surface area contributed by atoms with Crippen LogP contribution in [-0.2, 0) is 19.1 Å². The molecule has 0 aliphatic carbocycles. The summed E-state index contributed by atoms with van der Waals surface area (Å²) in [5.74, 6) is -2.02. The van der Waals surface area contributed by atoms with Gasteiger partial charge in [0.15, 0.2) is 17.5 Å². The highest BCUT2D eigenvalue weighted by Crippen LogP contribution is 2.43. The molecule has 0 fully saturated rings. The molecule has 0 saturated heterocycles. The van der Waals surface area contributed by atoms with Gasteiger partial charge in [0.05, 0.1) is 6.42 Å². The van der Waals surface area contributed by atoms with E-state index >= 15 is 0 Å². The minimum atomic E-state index is -1.14. The molecule has 3 rings (SSSR count). The molecule has 0 radical (unpaired) electrons. The van der Waals surface area contributed by atoms with Crippen LogP contribution in [-0.4, -0.2) is 35.4 Å². The predicted molar refractivity (Wildman–Crippen MR) is 86.1 cm³/mol. The van der Waals surface area contributed by atoms with Crippen molar-refractivity contribution in [3.63, 3.8) is 0 Å². The third kappa shape index (κ3) is 3.30. The van der Waals surface area contributed by atoms with Crippen LogP contribution in [0.15, 0.2) is 24.3 Å². The van der Waals surface area contributed by atoms with E-state index in [9.17, 15) is 19.2 Å². The minimum absolute atomic E-state index is 0.0581. The van der Waals surface area contributed by atoms with Gasteiger partial charge in [0.25, 0.3) is 0 Å². The summed E-state index contributed by atoms with van der Waals surface area (Å²) in [6.07, 6.45) is 1.94. The largest absolute Gasteiger partial charge is 0.482 e.